The predicted octanol–water partition coefficient (Wildman–Crippen LogP) is 0.961. The molecule has 4 rings (SSSR count). The van der Waals surface area contributed by atoms with Crippen LogP contribution in [0.1, 0.15) is 24.4 Å². The fraction of sp³-hybridized carbons (Fsp3) is 0.294. The minimum absolute atomic E-state index is 0.0256. The highest BCUT2D eigenvalue weighted by Crippen LogP contribution is 2.25. The van der Waals surface area contributed by atoms with Gasteiger partial charge in [-0.25, -0.2) is 14.8 Å². The van der Waals surface area contributed by atoms with E-state index in [1.807, 2.05) is 0 Å². The summed E-state index contributed by atoms with van der Waals surface area (Å²) >= 11 is 0. The monoisotopic (exact) mass is 335 g/mol. The maximum atomic E-state index is 13.2. The molecule has 1 aromatic carbocycles. The molecule has 3 aromatic rings. The SMILES string of the molecule is N#Cc1ccc(-n2c(=O)n(C3CCCNC3)c3ncnc(N)c32)cc1. The first-order valence-electron chi connectivity index (χ1n) is 8.15. The van der Waals surface area contributed by atoms with Gasteiger partial charge in [0.05, 0.1) is 23.4 Å². The number of nitrogen functional groups attached to an aromatic ring is 1. The van der Waals surface area contributed by atoms with Crippen LogP contribution < -0.4 is 16.7 Å². The summed E-state index contributed by atoms with van der Waals surface area (Å²) in [6.45, 7) is 1.67. The van der Waals surface area contributed by atoms with Gasteiger partial charge in [-0.05, 0) is 43.7 Å². The molecule has 1 atom stereocenters. The average Bonchev–Trinajstić information content (AvgIpc) is 2.96. The lowest BCUT2D eigenvalue weighted by Crippen LogP contribution is -2.36. The van der Waals surface area contributed by atoms with E-state index in [0.717, 1.165) is 25.9 Å². The summed E-state index contributed by atoms with van der Waals surface area (Å²) in [6.07, 6.45) is 3.29. The molecular weight excluding hydrogens is 318 g/mol. The van der Waals surface area contributed by atoms with E-state index in [1.165, 1.54) is 10.9 Å². The number of nitrogens with two attached hydrogens (primary N) is 1. The first-order valence-corrected chi connectivity index (χ1v) is 8.15. The van der Waals surface area contributed by atoms with E-state index in [2.05, 4.69) is 21.4 Å². The number of piperidine rings is 1. The molecule has 1 unspecified atom stereocenters. The normalized spacial score (nSPS) is 17.5. The summed E-state index contributed by atoms with van der Waals surface area (Å²) in [4.78, 5) is 21.6. The number of benzene rings is 1. The lowest BCUT2D eigenvalue weighted by Gasteiger charge is -2.23. The van der Waals surface area contributed by atoms with Crippen molar-refractivity contribution in [1.29, 1.82) is 5.26 Å². The Morgan fingerprint density at radius 1 is 1.28 bits per heavy atom. The third-order valence-corrected chi connectivity index (χ3v) is 4.57. The predicted molar refractivity (Wildman–Crippen MR) is 93.4 cm³/mol. The molecule has 0 radical (unpaired) electrons. The van der Waals surface area contributed by atoms with E-state index in [-0.39, 0.29) is 17.5 Å². The van der Waals surface area contributed by atoms with Crippen LogP contribution in [0.2, 0.25) is 0 Å². The largest absolute Gasteiger partial charge is 0.382 e. The van der Waals surface area contributed by atoms with Gasteiger partial charge in [0, 0.05) is 6.54 Å². The molecule has 2 aromatic heterocycles. The first kappa shape index (κ1) is 15.4. The Morgan fingerprint density at radius 3 is 2.76 bits per heavy atom. The summed E-state index contributed by atoms with van der Waals surface area (Å²) in [5, 5.41) is 12.3. The Bertz CT molecular complexity index is 1020. The topological polar surface area (TPSA) is 115 Å². The van der Waals surface area contributed by atoms with Gasteiger partial charge >= 0.3 is 5.69 Å². The number of imidazole rings is 1. The number of nitrogens with zero attached hydrogens (tertiary/aromatic N) is 5. The molecule has 0 saturated carbocycles. The summed E-state index contributed by atoms with van der Waals surface area (Å²) in [5.41, 5.74) is 8.08. The highest BCUT2D eigenvalue weighted by molar-refractivity contribution is 5.84. The molecule has 1 fully saturated rings. The molecule has 126 valence electrons. The molecule has 0 aliphatic carbocycles. The van der Waals surface area contributed by atoms with Crippen molar-refractivity contribution in [2.24, 2.45) is 0 Å². The van der Waals surface area contributed by atoms with Crippen LogP contribution in [-0.2, 0) is 0 Å². The van der Waals surface area contributed by atoms with Gasteiger partial charge in [-0.3, -0.25) is 9.13 Å². The molecule has 0 amide bonds. The van der Waals surface area contributed by atoms with Crippen molar-refractivity contribution in [3.63, 3.8) is 0 Å². The lowest BCUT2D eigenvalue weighted by molar-refractivity contribution is 0.369. The van der Waals surface area contributed by atoms with E-state index in [9.17, 15) is 4.79 Å². The Morgan fingerprint density at radius 2 is 2.08 bits per heavy atom. The number of hydrogen-bond acceptors (Lipinski definition) is 6. The number of rotatable bonds is 2. The van der Waals surface area contributed by atoms with Crippen molar-refractivity contribution in [2.45, 2.75) is 18.9 Å². The first-order chi connectivity index (χ1) is 12.2. The fourth-order valence-corrected chi connectivity index (χ4v) is 3.37. The zero-order valence-corrected chi connectivity index (χ0v) is 13.5. The van der Waals surface area contributed by atoms with Crippen LogP contribution in [0.4, 0.5) is 5.82 Å². The van der Waals surface area contributed by atoms with Crippen LogP contribution in [0.5, 0.6) is 0 Å². The summed E-state index contributed by atoms with van der Waals surface area (Å²) < 4.78 is 3.23. The van der Waals surface area contributed by atoms with Crippen molar-refractivity contribution in [2.75, 3.05) is 18.8 Å². The van der Waals surface area contributed by atoms with Gasteiger partial charge in [-0.1, -0.05) is 0 Å². The third-order valence-electron chi connectivity index (χ3n) is 4.57. The molecule has 25 heavy (non-hydrogen) atoms. The molecule has 1 saturated heterocycles. The van der Waals surface area contributed by atoms with E-state index in [4.69, 9.17) is 11.0 Å². The maximum absolute atomic E-state index is 13.2. The van der Waals surface area contributed by atoms with Crippen molar-refractivity contribution < 1.29 is 0 Å². The smallest absolute Gasteiger partial charge is 0.335 e. The Labute approximate surface area is 143 Å². The molecule has 8 heteroatoms. The minimum atomic E-state index is -0.194. The van der Waals surface area contributed by atoms with Crippen LogP contribution in [0.15, 0.2) is 35.4 Å². The van der Waals surface area contributed by atoms with Crippen molar-refractivity contribution in [3.05, 3.63) is 46.6 Å². The van der Waals surface area contributed by atoms with Crippen LogP contribution in [0, 0.1) is 11.3 Å². The minimum Gasteiger partial charge on any atom is -0.382 e. The third kappa shape index (κ3) is 2.45. The standard InChI is InChI=1S/C17H17N7O/c18-8-11-3-5-12(6-4-11)23-14-15(19)21-10-22-16(14)24(17(23)25)13-2-1-7-20-9-13/h3-6,10,13,20H,1-2,7,9H2,(H2,19,21,22). The Balaban J connectivity index is 1.99. The molecule has 0 spiro atoms. The average molecular weight is 335 g/mol. The van der Waals surface area contributed by atoms with Crippen LogP contribution in [-0.4, -0.2) is 32.2 Å². The Hall–Kier alpha value is -3.18. The summed E-state index contributed by atoms with van der Waals surface area (Å²) in [5.74, 6) is 0.258. The maximum Gasteiger partial charge on any atom is 0.335 e. The van der Waals surface area contributed by atoms with E-state index in [1.54, 1.807) is 28.8 Å². The molecule has 1 aliphatic rings. The summed E-state index contributed by atoms with van der Waals surface area (Å²) in [7, 11) is 0. The van der Waals surface area contributed by atoms with Crippen LogP contribution in [0.3, 0.4) is 0 Å². The highest BCUT2D eigenvalue weighted by Gasteiger charge is 2.25. The van der Waals surface area contributed by atoms with Gasteiger partial charge < -0.3 is 11.1 Å². The quantitative estimate of drug-likeness (QED) is 0.721. The second-order valence-electron chi connectivity index (χ2n) is 6.08. The zero-order chi connectivity index (χ0) is 17.4. The van der Waals surface area contributed by atoms with E-state index >= 15 is 0 Å². The second kappa shape index (κ2) is 6.03. The van der Waals surface area contributed by atoms with Gasteiger partial charge in [-0.15, -0.1) is 0 Å². The summed E-state index contributed by atoms with van der Waals surface area (Å²) in [6, 6.07) is 8.91. The second-order valence-corrected chi connectivity index (χ2v) is 6.08. The number of nitrogens with one attached hydrogen (secondary N) is 1. The number of fused-ring (bicyclic) bond motifs is 1. The highest BCUT2D eigenvalue weighted by atomic mass is 16.2. The van der Waals surface area contributed by atoms with Gasteiger partial charge in [0.25, 0.3) is 0 Å². The van der Waals surface area contributed by atoms with Gasteiger partial charge in [0.15, 0.2) is 11.5 Å². The van der Waals surface area contributed by atoms with Gasteiger partial charge in [0.2, 0.25) is 0 Å². The zero-order valence-electron chi connectivity index (χ0n) is 13.5. The van der Waals surface area contributed by atoms with Crippen LogP contribution in [0.25, 0.3) is 16.9 Å². The van der Waals surface area contributed by atoms with Crippen molar-refractivity contribution >= 4 is 17.0 Å². The van der Waals surface area contributed by atoms with Crippen molar-refractivity contribution in [3.8, 4) is 11.8 Å². The molecule has 8 nitrogen and oxygen atoms in total. The van der Waals surface area contributed by atoms with Gasteiger partial charge in [-0.2, -0.15) is 5.26 Å². The number of aromatic nitrogens is 4. The molecule has 3 heterocycles. The number of hydrogen-bond donors (Lipinski definition) is 2. The molecule has 3 N–H and O–H groups in total. The van der Waals surface area contributed by atoms with E-state index in [0.29, 0.717) is 22.4 Å². The fourth-order valence-electron chi connectivity index (χ4n) is 3.37. The van der Waals surface area contributed by atoms with Crippen molar-refractivity contribution in [1.82, 2.24) is 24.4 Å². The molecule has 0 bridgehead atoms. The Kier molecular flexibility index (Phi) is 3.71. The molecule has 1 aliphatic heterocycles. The number of anilines is 1. The van der Waals surface area contributed by atoms with Gasteiger partial charge in [0.1, 0.15) is 11.8 Å². The molecular formula is C17H17N7O. The number of nitriles is 1. The van der Waals surface area contributed by atoms with Crippen LogP contribution >= 0.6 is 0 Å². The lowest BCUT2D eigenvalue weighted by atomic mass is 10.1. The van der Waals surface area contributed by atoms with E-state index < -0.39 is 0 Å².